The fourth-order valence-corrected chi connectivity index (χ4v) is 4.97. The van der Waals surface area contributed by atoms with Crippen molar-refractivity contribution in [2.75, 3.05) is 19.6 Å². The van der Waals surface area contributed by atoms with Gasteiger partial charge in [0.15, 0.2) is 0 Å². The van der Waals surface area contributed by atoms with Crippen molar-refractivity contribution in [1.29, 1.82) is 0 Å². The molecule has 1 aliphatic heterocycles. The summed E-state index contributed by atoms with van der Waals surface area (Å²) < 4.78 is 0. The highest BCUT2D eigenvalue weighted by Gasteiger charge is 2.52. The third-order valence-electron chi connectivity index (χ3n) is 5.71. The van der Waals surface area contributed by atoms with Gasteiger partial charge in [0, 0.05) is 25.7 Å². The minimum Gasteiger partial charge on any atom is -0.334 e. The van der Waals surface area contributed by atoms with Crippen LogP contribution in [0.1, 0.15) is 79.6 Å². The van der Waals surface area contributed by atoms with Crippen molar-refractivity contribution in [1.82, 2.24) is 9.80 Å². The molecule has 2 amide bonds. The zero-order chi connectivity index (χ0) is 18.0. The molecule has 138 valence electrons. The van der Waals surface area contributed by atoms with E-state index in [1.54, 1.807) is 4.90 Å². The van der Waals surface area contributed by atoms with Gasteiger partial charge in [-0.3, -0.25) is 9.59 Å². The molecule has 24 heavy (non-hydrogen) atoms. The highest BCUT2D eigenvalue weighted by molar-refractivity contribution is 6.35. The first-order chi connectivity index (χ1) is 11.2. The summed E-state index contributed by atoms with van der Waals surface area (Å²) in [5, 5.41) is 0. The molecule has 4 nitrogen and oxygen atoms in total. The van der Waals surface area contributed by atoms with E-state index in [9.17, 15) is 9.59 Å². The molecule has 0 spiro atoms. The number of nitrogens with zero attached hydrogens (tertiary/aromatic N) is 2. The lowest BCUT2D eigenvalue weighted by molar-refractivity contribution is -0.152. The van der Waals surface area contributed by atoms with E-state index in [0.29, 0.717) is 13.1 Å². The summed E-state index contributed by atoms with van der Waals surface area (Å²) in [5.41, 5.74) is 0.444. The maximum absolute atomic E-state index is 12.9. The molecule has 2 bridgehead atoms. The standard InChI is InChI=1S/C20H36N2O2/c1-6-8-10-21(11-9-7-2)17(23)18(24)22-15-20(5)13-16(22)12-19(3,4)14-20/h16H,6-15H2,1-5H3. The number of hydrogen-bond donors (Lipinski definition) is 0. The number of rotatable bonds is 6. The second-order valence-corrected chi connectivity index (χ2v) is 9.15. The predicted octanol–water partition coefficient (Wildman–Crippen LogP) is 3.84. The Morgan fingerprint density at radius 1 is 1.04 bits per heavy atom. The largest absolute Gasteiger partial charge is 0.334 e. The summed E-state index contributed by atoms with van der Waals surface area (Å²) in [6.45, 7) is 13.3. The molecule has 1 heterocycles. The van der Waals surface area contributed by atoms with E-state index in [2.05, 4.69) is 34.6 Å². The van der Waals surface area contributed by atoms with Crippen molar-refractivity contribution in [3.8, 4) is 0 Å². The lowest BCUT2D eigenvalue weighted by atomic mass is 9.65. The smallest absolute Gasteiger partial charge is 0.312 e. The zero-order valence-electron chi connectivity index (χ0n) is 16.4. The Hall–Kier alpha value is -1.06. The van der Waals surface area contributed by atoms with Crippen LogP contribution in [-0.2, 0) is 9.59 Å². The fourth-order valence-electron chi connectivity index (χ4n) is 4.97. The van der Waals surface area contributed by atoms with E-state index in [-0.39, 0.29) is 28.7 Å². The number of hydrogen-bond acceptors (Lipinski definition) is 2. The second-order valence-electron chi connectivity index (χ2n) is 9.15. The van der Waals surface area contributed by atoms with E-state index in [1.807, 2.05) is 4.90 Å². The highest BCUT2D eigenvalue weighted by Crippen LogP contribution is 2.52. The number of carbonyl (C=O) groups is 2. The van der Waals surface area contributed by atoms with E-state index in [0.717, 1.165) is 51.5 Å². The van der Waals surface area contributed by atoms with Gasteiger partial charge in [0.1, 0.15) is 0 Å². The maximum Gasteiger partial charge on any atom is 0.312 e. The Morgan fingerprint density at radius 3 is 2.17 bits per heavy atom. The summed E-state index contributed by atoms with van der Waals surface area (Å²) in [7, 11) is 0. The average Bonchev–Trinajstić information content (AvgIpc) is 2.75. The van der Waals surface area contributed by atoms with Gasteiger partial charge in [0.2, 0.25) is 0 Å². The minimum absolute atomic E-state index is 0.181. The quantitative estimate of drug-likeness (QED) is 0.691. The maximum atomic E-state index is 12.9. The van der Waals surface area contributed by atoms with Crippen LogP contribution in [0.5, 0.6) is 0 Å². The van der Waals surface area contributed by atoms with Gasteiger partial charge in [-0.05, 0) is 42.9 Å². The van der Waals surface area contributed by atoms with Gasteiger partial charge in [0.05, 0.1) is 0 Å². The number of likely N-dealkylation sites (tertiary alicyclic amines) is 1. The van der Waals surface area contributed by atoms with Crippen LogP contribution < -0.4 is 0 Å². The normalized spacial score (nSPS) is 28.0. The number of fused-ring (bicyclic) bond motifs is 2. The van der Waals surface area contributed by atoms with Gasteiger partial charge in [-0.1, -0.05) is 47.5 Å². The molecule has 2 unspecified atom stereocenters. The molecule has 0 aromatic rings. The van der Waals surface area contributed by atoms with Crippen LogP contribution in [0.4, 0.5) is 0 Å². The van der Waals surface area contributed by atoms with Crippen molar-refractivity contribution in [3.05, 3.63) is 0 Å². The van der Waals surface area contributed by atoms with Gasteiger partial charge < -0.3 is 9.80 Å². The Morgan fingerprint density at radius 2 is 1.62 bits per heavy atom. The van der Waals surface area contributed by atoms with Crippen LogP contribution in [0.2, 0.25) is 0 Å². The van der Waals surface area contributed by atoms with Gasteiger partial charge in [-0.25, -0.2) is 0 Å². The fraction of sp³-hybridized carbons (Fsp3) is 0.900. The summed E-state index contributed by atoms with van der Waals surface area (Å²) in [4.78, 5) is 29.5. The predicted molar refractivity (Wildman–Crippen MR) is 97.6 cm³/mol. The first-order valence-electron chi connectivity index (χ1n) is 9.81. The van der Waals surface area contributed by atoms with Gasteiger partial charge in [0.25, 0.3) is 0 Å². The summed E-state index contributed by atoms with van der Waals surface area (Å²) in [6, 6.07) is 0.245. The number of amides is 2. The van der Waals surface area contributed by atoms with E-state index in [4.69, 9.17) is 0 Å². The van der Waals surface area contributed by atoms with Crippen molar-refractivity contribution in [3.63, 3.8) is 0 Å². The van der Waals surface area contributed by atoms with Gasteiger partial charge in [-0.15, -0.1) is 0 Å². The van der Waals surface area contributed by atoms with Crippen molar-refractivity contribution in [2.45, 2.75) is 85.6 Å². The Labute approximate surface area is 148 Å². The lowest BCUT2D eigenvalue weighted by Gasteiger charge is -2.39. The van der Waals surface area contributed by atoms with Crippen LogP contribution in [0.15, 0.2) is 0 Å². The zero-order valence-corrected chi connectivity index (χ0v) is 16.4. The third kappa shape index (κ3) is 4.31. The SMILES string of the molecule is CCCCN(CCCC)C(=O)C(=O)N1CC2(C)CC1CC(C)(C)C2. The van der Waals surface area contributed by atoms with E-state index < -0.39 is 0 Å². The van der Waals surface area contributed by atoms with Gasteiger partial charge in [-0.2, -0.15) is 0 Å². The van der Waals surface area contributed by atoms with Crippen LogP contribution in [-0.4, -0.2) is 47.3 Å². The monoisotopic (exact) mass is 336 g/mol. The van der Waals surface area contributed by atoms with E-state index in [1.165, 1.54) is 0 Å². The summed E-state index contributed by atoms with van der Waals surface area (Å²) in [5.74, 6) is -0.528. The van der Waals surface area contributed by atoms with Crippen molar-refractivity contribution >= 4 is 11.8 Å². The number of carbonyl (C=O) groups excluding carboxylic acids is 2. The topological polar surface area (TPSA) is 40.6 Å². The van der Waals surface area contributed by atoms with Crippen molar-refractivity contribution < 1.29 is 9.59 Å². The van der Waals surface area contributed by atoms with Crippen LogP contribution >= 0.6 is 0 Å². The molecule has 1 saturated heterocycles. The molecule has 1 saturated carbocycles. The molecule has 0 aromatic carbocycles. The number of unbranched alkanes of at least 4 members (excludes halogenated alkanes) is 2. The molecule has 2 fully saturated rings. The minimum atomic E-state index is -0.272. The summed E-state index contributed by atoms with van der Waals surface area (Å²) >= 11 is 0. The summed E-state index contributed by atoms with van der Waals surface area (Å²) in [6.07, 6.45) is 7.24. The first-order valence-corrected chi connectivity index (χ1v) is 9.81. The van der Waals surface area contributed by atoms with E-state index >= 15 is 0 Å². The Balaban J connectivity index is 2.07. The molecular formula is C20H36N2O2. The molecule has 1 aliphatic carbocycles. The van der Waals surface area contributed by atoms with Gasteiger partial charge >= 0.3 is 11.8 Å². The molecule has 2 aliphatic rings. The van der Waals surface area contributed by atoms with Crippen LogP contribution in [0.3, 0.4) is 0 Å². The lowest BCUT2D eigenvalue weighted by Crippen LogP contribution is -2.48. The van der Waals surface area contributed by atoms with Crippen LogP contribution in [0.25, 0.3) is 0 Å². The molecular weight excluding hydrogens is 300 g/mol. The molecule has 2 rings (SSSR count). The average molecular weight is 337 g/mol. The third-order valence-corrected chi connectivity index (χ3v) is 5.71. The molecule has 0 aromatic heterocycles. The Kier molecular flexibility index (Phi) is 5.98. The molecule has 0 radical (unpaired) electrons. The molecule has 2 atom stereocenters. The van der Waals surface area contributed by atoms with Crippen LogP contribution in [0, 0.1) is 10.8 Å². The highest BCUT2D eigenvalue weighted by atomic mass is 16.2. The molecule has 0 N–H and O–H groups in total. The Bertz CT molecular complexity index is 466. The van der Waals surface area contributed by atoms with Crippen molar-refractivity contribution in [2.24, 2.45) is 10.8 Å². The second kappa shape index (κ2) is 7.45. The molecule has 4 heteroatoms. The first kappa shape index (κ1) is 19.3.